The fraction of sp³-hybridized carbons (Fsp3) is 0.594. The van der Waals surface area contributed by atoms with Gasteiger partial charge in [-0.15, -0.1) is 24.9 Å². The molecule has 1 N–H and O–H groups in total. The van der Waals surface area contributed by atoms with Gasteiger partial charge in [0.15, 0.2) is 0 Å². The second-order valence-corrected chi connectivity index (χ2v) is 14.6. The summed E-state index contributed by atoms with van der Waals surface area (Å²) in [6.45, 7) is 14.8. The SMILES string of the molecule is C=CCN(CCC)C(=O)[C@H]1[C@H]2C(=O)N([C@@H](CO)CC(C)C)C(C(=O)N(CC=C)c3ccc(OC)cc3)C23CC(Br)[C@@H]1S3. The lowest BCUT2D eigenvalue weighted by atomic mass is 9.70. The Hall–Kier alpha value is -2.30. The Labute approximate surface area is 262 Å². The van der Waals surface area contributed by atoms with E-state index in [1.165, 1.54) is 0 Å². The third-order valence-corrected chi connectivity index (χ3v) is 11.9. The van der Waals surface area contributed by atoms with E-state index in [1.807, 2.05) is 32.9 Å². The largest absolute Gasteiger partial charge is 0.497 e. The first-order valence-corrected chi connectivity index (χ1v) is 16.6. The van der Waals surface area contributed by atoms with E-state index in [4.69, 9.17) is 4.74 Å². The van der Waals surface area contributed by atoms with Gasteiger partial charge in [0, 0.05) is 35.4 Å². The fourth-order valence-electron chi connectivity index (χ4n) is 7.13. The first-order valence-electron chi connectivity index (χ1n) is 14.8. The molecule has 2 bridgehead atoms. The second kappa shape index (κ2) is 13.6. The number of methoxy groups -OCH3 is 1. The minimum absolute atomic E-state index is 0.0329. The molecule has 1 spiro atoms. The maximum absolute atomic E-state index is 14.8. The molecular weight excluding hydrogens is 618 g/mol. The van der Waals surface area contributed by atoms with Crippen LogP contribution < -0.4 is 9.64 Å². The van der Waals surface area contributed by atoms with Gasteiger partial charge < -0.3 is 24.5 Å². The molecule has 3 fully saturated rings. The number of fused-ring (bicyclic) bond motifs is 1. The third kappa shape index (κ3) is 5.66. The van der Waals surface area contributed by atoms with Gasteiger partial charge in [0.1, 0.15) is 11.8 Å². The van der Waals surface area contributed by atoms with Crippen molar-refractivity contribution in [3.63, 3.8) is 0 Å². The summed E-state index contributed by atoms with van der Waals surface area (Å²) in [6, 6.07) is 5.86. The van der Waals surface area contributed by atoms with Gasteiger partial charge in [0.2, 0.25) is 11.8 Å². The third-order valence-electron chi connectivity index (χ3n) is 8.71. The molecule has 1 aromatic carbocycles. The highest BCUT2D eigenvalue weighted by atomic mass is 79.9. The smallest absolute Gasteiger partial charge is 0.251 e. The first kappa shape index (κ1) is 32.6. The molecule has 0 radical (unpaired) electrons. The fourth-order valence-corrected chi connectivity index (χ4v) is 10.7. The van der Waals surface area contributed by atoms with Crippen LogP contribution >= 0.6 is 27.7 Å². The number of hydrogen-bond donors (Lipinski definition) is 1. The molecule has 7 atom stereocenters. The number of thioether (sulfide) groups is 1. The summed E-state index contributed by atoms with van der Waals surface area (Å²) in [7, 11) is 1.59. The Bertz CT molecular complexity index is 1180. The van der Waals surface area contributed by atoms with Crippen molar-refractivity contribution in [1.82, 2.24) is 9.80 Å². The van der Waals surface area contributed by atoms with E-state index in [1.54, 1.807) is 57.9 Å². The van der Waals surface area contributed by atoms with Crippen LogP contribution in [0, 0.1) is 17.8 Å². The lowest BCUT2D eigenvalue weighted by molar-refractivity contribution is -0.145. The molecule has 3 unspecified atom stereocenters. The number of anilines is 1. The number of halogens is 1. The summed E-state index contributed by atoms with van der Waals surface area (Å²) in [6.07, 6.45) is 5.30. The Balaban J connectivity index is 1.84. The molecule has 1 aromatic rings. The number of carbonyl (C=O) groups excluding carboxylic acids is 3. The molecule has 3 aliphatic rings. The van der Waals surface area contributed by atoms with Crippen molar-refractivity contribution < 1.29 is 24.2 Å². The van der Waals surface area contributed by atoms with Gasteiger partial charge in [-0.05, 0) is 49.4 Å². The number of hydrogen-bond acceptors (Lipinski definition) is 6. The van der Waals surface area contributed by atoms with Crippen LogP contribution in [0.15, 0.2) is 49.6 Å². The Morgan fingerprint density at radius 2 is 1.88 bits per heavy atom. The number of likely N-dealkylation sites (tertiary alicyclic amines) is 1. The van der Waals surface area contributed by atoms with E-state index < -0.39 is 28.7 Å². The number of nitrogens with zero attached hydrogens (tertiary/aromatic N) is 3. The number of aliphatic hydroxyl groups excluding tert-OH is 1. The number of amides is 3. The van der Waals surface area contributed by atoms with Crippen molar-refractivity contribution in [2.45, 2.75) is 66.9 Å². The van der Waals surface area contributed by atoms with Crippen LogP contribution in [0.1, 0.15) is 40.0 Å². The minimum Gasteiger partial charge on any atom is -0.497 e. The maximum Gasteiger partial charge on any atom is 0.251 e. The summed E-state index contributed by atoms with van der Waals surface area (Å²) in [5, 5.41) is 10.5. The van der Waals surface area contributed by atoms with Gasteiger partial charge >= 0.3 is 0 Å². The number of alkyl halides is 1. The second-order valence-electron chi connectivity index (χ2n) is 11.9. The predicted octanol–water partition coefficient (Wildman–Crippen LogP) is 4.51. The molecule has 10 heteroatoms. The highest BCUT2D eigenvalue weighted by Crippen LogP contribution is 2.68. The van der Waals surface area contributed by atoms with E-state index in [0.717, 1.165) is 6.42 Å². The van der Waals surface area contributed by atoms with Crippen molar-refractivity contribution in [2.24, 2.45) is 17.8 Å². The van der Waals surface area contributed by atoms with Crippen molar-refractivity contribution in [1.29, 1.82) is 0 Å². The average Bonchev–Trinajstić information content (AvgIpc) is 3.57. The zero-order valence-corrected chi connectivity index (χ0v) is 27.5. The van der Waals surface area contributed by atoms with Crippen LogP contribution in [0.2, 0.25) is 0 Å². The van der Waals surface area contributed by atoms with Gasteiger partial charge in [-0.3, -0.25) is 14.4 Å². The Kier molecular flexibility index (Phi) is 10.5. The van der Waals surface area contributed by atoms with Crippen molar-refractivity contribution in [3.05, 3.63) is 49.6 Å². The lowest BCUT2D eigenvalue weighted by Crippen LogP contribution is -2.58. The molecule has 3 aliphatic heterocycles. The van der Waals surface area contributed by atoms with Crippen LogP contribution in [0.3, 0.4) is 0 Å². The zero-order valence-electron chi connectivity index (χ0n) is 25.1. The Morgan fingerprint density at radius 3 is 2.43 bits per heavy atom. The van der Waals surface area contributed by atoms with Crippen molar-refractivity contribution in [2.75, 3.05) is 38.3 Å². The molecule has 0 aliphatic carbocycles. The van der Waals surface area contributed by atoms with Crippen molar-refractivity contribution >= 4 is 51.1 Å². The molecule has 230 valence electrons. The number of carbonyl (C=O) groups is 3. The molecule has 4 rings (SSSR count). The van der Waals surface area contributed by atoms with Gasteiger partial charge in [-0.1, -0.05) is 48.9 Å². The quantitative estimate of drug-likeness (QED) is 0.233. The van der Waals surface area contributed by atoms with Crippen LogP contribution in [-0.2, 0) is 14.4 Å². The number of ether oxygens (including phenoxy) is 1. The normalized spacial score (nSPS) is 28.5. The van der Waals surface area contributed by atoms with E-state index in [9.17, 15) is 19.5 Å². The van der Waals surface area contributed by atoms with Crippen LogP contribution in [-0.4, -0.2) is 92.9 Å². The van der Waals surface area contributed by atoms with Crippen LogP contribution in [0.25, 0.3) is 0 Å². The van der Waals surface area contributed by atoms with E-state index in [0.29, 0.717) is 37.4 Å². The van der Waals surface area contributed by atoms with E-state index in [-0.39, 0.29) is 46.9 Å². The summed E-state index contributed by atoms with van der Waals surface area (Å²) in [5.41, 5.74) is 0.665. The number of rotatable bonds is 14. The van der Waals surface area contributed by atoms with Gasteiger partial charge in [0.25, 0.3) is 5.91 Å². The first-order chi connectivity index (χ1) is 20.1. The predicted molar refractivity (Wildman–Crippen MR) is 172 cm³/mol. The molecule has 3 amide bonds. The average molecular weight is 663 g/mol. The monoisotopic (exact) mass is 661 g/mol. The molecule has 3 heterocycles. The van der Waals surface area contributed by atoms with Crippen LogP contribution in [0.4, 0.5) is 5.69 Å². The number of benzene rings is 1. The molecule has 3 saturated heterocycles. The minimum atomic E-state index is -0.847. The highest BCUT2D eigenvalue weighted by molar-refractivity contribution is 9.09. The molecule has 8 nitrogen and oxygen atoms in total. The number of aliphatic hydroxyl groups is 1. The molecule has 0 aromatic heterocycles. The van der Waals surface area contributed by atoms with E-state index in [2.05, 4.69) is 29.1 Å². The lowest BCUT2D eigenvalue weighted by Gasteiger charge is -2.40. The zero-order chi connectivity index (χ0) is 30.8. The van der Waals surface area contributed by atoms with Gasteiger partial charge in [-0.2, -0.15) is 0 Å². The Morgan fingerprint density at radius 1 is 1.21 bits per heavy atom. The molecule has 0 saturated carbocycles. The van der Waals surface area contributed by atoms with E-state index >= 15 is 0 Å². The van der Waals surface area contributed by atoms with Crippen LogP contribution in [0.5, 0.6) is 5.75 Å². The summed E-state index contributed by atoms with van der Waals surface area (Å²) in [4.78, 5) is 48.7. The maximum atomic E-state index is 14.8. The molecular formula is C32H44BrN3O5S. The van der Waals surface area contributed by atoms with Crippen molar-refractivity contribution in [3.8, 4) is 5.75 Å². The summed E-state index contributed by atoms with van der Waals surface area (Å²) >= 11 is 5.47. The van der Waals surface area contributed by atoms with Gasteiger partial charge in [-0.25, -0.2) is 0 Å². The topological polar surface area (TPSA) is 90.4 Å². The summed E-state index contributed by atoms with van der Waals surface area (Å²) in [5.74, 6) is -0.862. The van der Waals surface area contributed by atoms with Gasteiger partial charge in [0.05, 0.1) is 36.3 Å². The highest BCUT2D eigenvalue weighted by Gasteiger charge is 2.76. The molecule has 42 heavy (non-hydrogen) atoms. The standard InChI is InChI=1S/C32H44BrN3O5S/c1-7-14-34(15-8-2)29(38)25-26-30(39)36(22(19-37)17-20(4)5)28(32(26)18-24(33)27(25)42-32)31(40)35(16-9-3)21-10-12-23(41-6)13-11-21/h7,9-13,20,22,24-28,37H,1,3,8,14-19H2,2,4-6H3/t22-,24?,25+,26+,27+,28?,32?/m1/s1. The summed E-state index contributed by atoms with van der Waals surface area (Å²) < 4.78 is 4.51.